The largest absolute Gasteiger partial charge is 0.491 e. The topological polar surface area (TPSA) is 104 Å². The molecule has 0 spiro atoms. The van der Waals surface area contributed by atoms with Gasteiger partial charge in [0.15, 0.2) is 0 Å². The van der Waals surface area contributed by atoms with Gasteiger partial charge in [0, 0.05) is 54.4 Å². The van der Waals surface area contributed by atoms with Gasteiger partial charge in [0.05, 0.1) is 38.7 Å². The highest BCUT2D eigenvalue weighted by Crippen LogP contribution is 2.33. The lowest BCUT2D eigenvalue weighted by molar-refractivity contribution is -0.118. The van der Waals surface area contributed by atoms with E-state index in [0.717, 1.165) is 61.5 Å². The lowest BCUT2D eigenvalue weighted by Gasteiger charge is -2.32. The summed E-state index contributed by atoms with van der Waals surface area (Å²) in [4.78, 5) is 30.6. The van der Waals surface area contributed by atoms with Crippen LogP contribution >= 0.6 is 0 Å². The van der Waals surface area contributed by atoms with E-state index in [1.54, 1.807) is 6.07 Å². The highest BCUT2D eigenvalue weighted by molar-refractivity contribution is 6.07. The first kappa shape index (κ1) is 31.7. The molecule has 5 rings (SSSR count). The molecule has 44 heavy (non-hydrogen) atoms. The average Bonchev–Trinajstić information content (AvgIpc) is 3.01. The molecule has 0 aromatic heterocycles. The summed E-state index contributed by atoms with van der Waals surface area (Å²) in [6.45, 7) is 15.4. The van der Waals surface area contributed by atoms with Crippen molar-refractivity contribution in [3.05, 3.63) is 60.2 Å². The molecule has 2 aliphatic rings. The van der Waals surface area contributed by atoms with Crippen LogP contribution in [0.2, 0.25) is 0 Å². The summed E-state index contributed by atoms with van der Waals surface area (Å²) in [6.07, 6.45) is 0. The summed E-state index contributed by atoms with van der Waals surface area (Å²) in [5, 5.41) is 10.8. The van der Waals surface area contributed by atoms with Crippen LogP contribution in [-0.2, 0) is 19.7 Å². The zero-order valence-corrected chi connectivity index (χ0v) is 26.3. The first-order chi connectivity index (χ1) is 21.2. The van der Waals surface area contributed by atoms with Crippen LogP contribution in [0.15, 0.2) is 54.6 Å². The summed E-state index contributed by atoms with van der Waals surface area (Å²) < 4.78 is 17.1. The Hall–Kier alpha value is -3.70. The van der Waals surface area contributed by atoms with Gasteiger partial charge in [0.1, 0.15) is 12.4 Å². The fourth-order valence-corrected chi connectivity index (χ4v) is 5.49. The molecule has 3 N–H and O–H groups in total. The fraction of sp³-hybridized carbons (Fsp3) is 0.471. The van der Waals surface area contributed by atoms with E-state index in [9.17, 15) is 9.59 Å². The SMILES string of the molecule is CC(COc1ccc(NC(=O)Nc2cc(NC(=O)CN3CCOCC3)cc(C(C)(C)C)c2)c2ccccc12)N1CCOCC1. The number of morpholine rings is 2. The molecule has 1 atom stereocenters. The summed E-state index contributed by atoms with van der Waals surface area (Å²) in [6, 6.07) is 17.3. The fourth-order valence-electron chi connectivity index (χ4n) is 5.49. The van der Waals surface area contributed by atoms with E-state index in [1.807, 2.05) is 48.5 Å². The molecule has 0 radical (unpaired) electrons. The Labute approximate surface area is 260 Å². The quantitative estimate of drug-likeness (QED) is 0.311. The van der Waals surface area contributed by atoms with Crippen LogP contribution < -0.4 is 20.7 Å². The summed E-state index contributed by atoms with van der Waals surface area (Å²) in [5.74, 6) is 0.684. The molecule has 10 nitrogen and oxygen atoms in total. The second kappa shape index (κ2) is 14.4. The van der Waals surface area contributed by atoms with E-state index in [2.05, 4.69) is 53.4 Å². The zero-order valence-electron chi connectivity index (χ0n) is 26.3. The van der Waals surface area contributed by atoms with Crippen LogP contribution in [-0.4, -0.2) is 93.5 Å². The van der Waals surface area contributed by atoms with Crippen LogP contribution in [0.5, 0.6) is 5.75 Å². The molecule has 0 saturated carbocycles. The number of amides is 3. The number of benzene rings is 3. The maximum Gasteiger partial charge on any atom is 0.323 e. The number of hydrogen-bond acceptors (Lipinski definition) is 7. The molecule has 2 saturated heterocycles. The van der Waals surface area contributed by atoms with Crippen molar-refractivity contribution >= 4 is 39.8 Å². The molecular weight excluding hydrogens is 558 g/mol. The number of nitrogens with zero attached hydrogens (tertiary/aromatic N) is 2. The Balaban J connectivity index is 1.27. The maximum absolute atomic E-state index is 13.3. The normalized spacial score (nSPS) is 17.2. The number of anilines is 3. The maximum atomic E-state index is 13.3. The van der Waals surface area contributed by atoms with Gasteiger partial charge in [-0.25, -0.2) is 4.79 Å². The zero-order chi connectivity index (χ0) is 31.1. The van der Waals surface area contributed by atoms with Gasteiger partial charge in [0.2, 0.25) is 5.91 Å². The number of hydrogen-bond donors (Lipinski definition) is 3. The van der Waals surface area contributed by atoms with E-state index >= 15 is 0 Å². The van der Waals surface area contributed by atoms with Gasteiger partial charge >= 0.3 is 6.03 Å². The third-order valence-electron chi connectivity index (χ3n) is 8.09. The molecular formula is C34H45N5O5. The van der Waals surface area contributed by atoms with Crippen molar-refractivity contribution in [1.82, 2.24) is 9.80 Å². The summed E-state index contributed by atoms with van der Waals surface area (Å²) in [5.41, 5.74) is 2.72. The molecule has 2 heterocycles. The monoisotopic (exact) mass is 603 g/mol. The Morgan fingerprint density at radius 2 is 1.48 bits per heavy atom. The average molecular weight is 604 g/mol. The van der Waals surface area contributed by atoms with Gasteiger partial charge in [-0.15, -0.1) is 0 Å². The van der Waals surface area contributed by atoms with Gasteiger partial charge in [-0.1, -0.05) is 45.0 Å². The number of rotatable bonds is 9. The Kier molecular flexibility index (Phi) is 10.4. The van der Waals surface area contributed by atoms with Crippen molar-refractivity contribution in [3.63, 3.8) is 0 Å². The van der Waals surface area contributed by atoms with Crippen LogP contribution in [0, 0.1) is 0 Å². The van der Waals surface area contributed by atoms with Gasteiger partial charge in [0.25, 0.3) is 0 Å². The third kappa shape index (κ3) is 8.47. The minimum atomic E-state index is -0.374. The molecule has 236 valence electrons. The van der Waals surface area contributed by atoms with Gasteiger partial charge < -0.3 is 30.2 Å². The third-order valence-corrected chi connectivity index (χ3v) is 8.09. The van der Waals surface area contributed by atoms with Crippen LogP contribution in [0.4, 0.5) is 21.9 Å². The molecule has 3 aromatic carbocycles. The first-order valence-corrected chi connectivity index (χ1v) is 15.5. The van der Waals surface area contributed by atoms with Crippen molar-refractivity contribution in [3.8, 4) is 5.75 Å². The highest BCUT2D eigenvalue weighted by Gasteiger charge is 2.20. The number of urea groups is 1. The number of carbonyl (C=O) groups is 2. The molecule has 2 fully saturated rings. The van der Waals surface area contributed by atoms with E-state index in [4.69, 9.17) is 14.2 Å². The predicted molar refractivity (Wildman–Crippen MR) is 175 cm³/mol. The smallest absolute Gasteiger partial charge is 0.323 e. The predicted octanol–water partition coefficient (Wildman–Crippen LogP) is 5.15. The van der Waals surface area contributed by atoms with Crippen molar-refractivity contribution in [2.45, 2.75) is 39.2 Å². The number of nitrogens with one attached hydrogen (secondary N) is 3. The summed E-state index contributed by atoms with van der Waals surface area (Å²) >= 11 is 0. The van der Waals surface area contributed by atoms with Gasteiger partial charge in [-0.2, -0.15) is 0 Å². The second-order valence-corrected chi connectivity index (χ2v) is 12.5. The Morgan fingerprint density at radius 3 is 2.16 bits per heavy atom. The highest BCUT2D eigenvalue weighted by atomic mass is 16.5. The molecule has 0 bridgehead atoms. The van der Waals surface area contributed by atoms with Crippen LogP contribution in [0.25, 0.3) is 10.8 Å². The van der Waals surface area contributed by atoms with E-state index < -0.39 is 0 Å². The molecule has 3 aromatic rings. The Morgan fingerprint density at radius 1 is 0.841 bits per heavy atom. The van der Waals surface area contributed by atoms with Crippen molar-refractivity contribution in [2.75, 3.05) is 81.7 Å². The lowest BCUT2D eigenvalue weighted by atomic mass is 9.86. The lowest BCUT2D eigenvalue weighted by Crippen LogP contribution is -2.44. The van der Waals surface area contributed by atoms with E-state index in [0.29, 0.717) is 43.4 Å². The van der Waals surface area contributed by atoms with Crippen molar-refractivity contribution in [2.24, 2.45) is 0 Å². The molecule has 2 aliphatic heterocycles. The Bertz CT molecular complexity index is 1440. The number of fused-ring (bicyclic) bond motifs is 1. The molecule has 0 aliphatic carbocycles. The van der Waals surface area contributed by atoms with Gasteiger partial charge in [-0.3, -0.25) is 14.6 Å². The standard InChI is InChI=1S/C34H45N5O5/c1-24(39-13-17-43-18-14-39)23-44-31-10-9-30(28-7-5-6-8-29(28)31)37-33(41)36-27-20-25(34(2,3)4)19-26(21-27)35-32(40)22-38-11-15-42-16-12-38/h5-10,19-21,24H,11-18,22-23H2,1-4H3,(H,35,40)(H2,36,37,41). The minimum Gasteiger partial charge on any atom is -0.491 e. The second-order valence-electron chi connectivity index (χ2n) is 12.5. The molecule has 10 heteroatoms. The van der Waals surface area contributed by atoms with E-state index in [1.165, 1.54) is 0 Å². The van der Waals surface area contributed by atoms with Crippen LogP contribution in [0.3, 0.4) is 0 Å². The number of carbonyl (C=O) groups excluding carboxylic acids is 2. The van der Waals surface area contributed by atoms with Crippen molar-refractivity contribution < 1.29 is 23.8 Å². The van der Waals surface area contributed by atoms with Crippen LogP contribution in [0.1, 0.15) is 33.3 Å². The van der Waals surface area contributed by atoms with Crippen molar-refractivity contribution in [1.29, 1.82) is 0 Å². The molecule has 1 unspecified atom stereocenters. The number of ether oxygens (including phenoxy) is 3. The van der Waals surface area contributed by atoms with E-state index in [-0.39, 0.29) is 23.4 Å². The minimum absolute atomic E-state index is 0.0959. The first-order valence-electron chi connectivity index (χ1n) is 15.5. The van der Waals surface area contributed by atoms with Gasteiger partial charge in [-0.05, 0) is 48.2 Å². The summed E-state index contributed by atoms with van der Waals surface area (Å²) in [7, 11) is 0. The molecule has 3 amide bonds.